The van der Waals surface area contributed by atoms with Crippen molar-refractivity contribution in [3.05, 3.63) is 11.1 Å². The van der Waals surface area contributed by atoms with Crippen LogP contribution in [0.2, 0.25) is 0 Å². The van der Waals surface area contributed by atoms with Crippen molar-refractivity contribution in [1.82, 2.24) is 10.3 Å². The van der Waals surface area contributed by atoms with Gasteiger partial charge in [-0.2, -0.15) is 0 Å². The Bertz CT molecular complexity index is 373. The van der Waals surface area contributed by atoms with Gasteiger partial charge in [-0.05, 0) is 39.2 Å². The zero-order chi connectivity index (χ0) is 13.7. The molecule has 0 aromatic carbocycles. The second kappa shape index (κ2) is 7.25. The van der Waals surface area contributed by atoms with Gasteiger partial charge >= 0.3 is 0 Å². The first kappa shape index (κ1) is 14.8. The van der Waals surface area contributed by atoms with Gasteiger partial charge in [-0.3, -0.25) is 0 Å². The predicted octanol–water partition coefficient (Wildman–Crippen LogP) is 3.97. The molecule has 1 aromatic heterocycles. The number of hydrogen-bond donors (Lipinski definition) is 1. The van der Waals surface area contributed by atoms with E-state index in [4.69, 9.17) is 0 Å². The lowest BCUT2D eigenvalue weighted by Gasteiger charge is -2.21. The number of thiazole rings is 1. The molecule has 1 fully saturated rings. The van der Waals surface area contributed by atoms with Gasteiger partial charge in [0.1, 0.15) is 0 Å². The Labute approximate surface area is 121 Å². The molecule has 1 aromatic rings. The Hall–Kier alpha value is -0.610. The number of rotatable bonds is 9. The van der Waals surface area contributed by atoms with Gasteiger partial charge in [0.25, 0.3) is 0 Å². The molecule has 1 saturated carbocycles. The minimum absolute atomic E-state index is 0.429. The summed E-state index contributed by atoms with van der Waals surface area (Å²) in [5.41, 5.74) is 0. The SMILES string of the molecule is CCCCN(c1ncc(C(C)NCCC)s1)C1CC1. The van der Waals surface area contributed by atoms with Crippen molar-refractivity contribution in [2.24, 2.45) is 0 Å². The van der Waals surface area contributed by atoms with Crippen LogP contribution in [0.3, 0.4) is 0 Å². The molecule has 2 rings (SSSR count). The average molecular weight is 281 g/mol. The highest BCUT2D eigenvalue weighted by atomic mass is 32.1. The highest BCUT2D eigenvalue weighted by molar-refractivity contribution is 7.15. The minimum atomic E-state index is 0.429. The van der Waals surface area contributed by atoms with E-state index in [1.165, 1.54) is 48.7 Å². The van der Waals surface area contributed by atoms with E-state index in [1.807, 2.05) is 11.3 Å². The van der Waals surface area contributed by atoms with Crippen LogP contribution in [-0.2, 0) is 0 Å². The van der Waals surface area contributed by atoms with E-state index >= 15 is 0 Å². The second-order valence-corrected chi connectivity index (χ2v) is 6.54. The van der Waals surface area contributed by atoms with E-state index in [9.17, 15) is 0 Å². The summed E-state index contributed by atoms with van der Waals surface area (Å²) in [5, 5.41) is 4.77. The van der Waals surface area contributed by atoms with Crippen LogP contribution in [-0.4, -0.2) is 24.1 Å². The smallest absolute Gasteiger partial charge is 0.185 e. The highest BCUT2D eigenvalue weighted by Crippen LogP contribution is 2.35. The van der Waals surface area contributed by atoms with Crippen molar-refractivity contribution in [2.75, 3.05) is 18.0 Å². The summed E-state index contributed by atoms with van der Waals surface area (Å²) < 4.78 is 0. The van der Waals surface area contributed by atoms with Crippen molar-refractivity contribution < 1.29 is 0 Å². The third-order valence-corrected chi connectivity index (χ3v) is 4.84. The van der Waals surface area contributed by atoms with Crippen LogP contribution < -0.4 is 10.2 Å². The van der Waals surface area contributed by atoms with Crippen LogP contribution in [0.4, 0.5) is 5.13 Å². The molecule has 0 radical (unpaired) electrons. The van der Waals surface area contributed by atoms with Gasteiger partial charge in [0.15, 0.2) is 5.13 Å². The van der Waals surface area contributed by atoms with E-state index in [-0.39, 0.29) is 0 Å². The normalized spacial score (nSPS) is 16.6. The van der Waals surface area contributed by atoms with E-state index in [2.05, 4.69) is 42.2 Å². The third kappa shape index (κ3) is 4.18. The third-order valence-electron chi connectivity index (χ3n) is 3.62. The molecule has 1 atom stereocenters. The van der Waals surface area contributed by atoms with Crippen LogP contribution in [0.1, 0.15) is 63.8 Å². The molecule has 108 valence electrons. The number of nitrogens with zero attached hydrogens (tertiary/aromatic N) is 2. The topological polar surface area (TPSA) is 28.2 Å². The molecule has 1 heterocycles. The quantitative estimate of drug-likeness (QED) is 0.742. The second-order valence-electron chi connectivity index (χ2n) is 5.50. The fourth-order valence-electron chi connectivity index (χ4n) is 2.22. The molecule has 0 saturated heterocycles. The van der Waals surface area contributed by atoms with Crippen molar-refractivity contribution in [3.63, 3.8) is 0 Å². The van der Waals surface area contributed by atoms with Crippen LogP contribution in [0.5, 0.6) is 0 Å². The van der Waals surface area contributed by atoms with Crippen molar-refractivity contribution in [2.45, 2.75) is 65.0 Å². The number of aromatic nitrogens is 1. The highest BCUT2D eigenvalue weighted by Gasteiger charge is 2.30. The first-order chi connectivity index (χ1) is 9.26. The zero-order valence-electron chi connectivity index (χ0n) is 12.5. The Morgan fingerprint density at radius 1 is 1.42 bits per heavy atom. The minimum Gasteiger partial charge on any atom is -0.345 e. The summed E-state index contributed by atoms with van der Waals surface area (Å²) >= 11 is 1.87. The monoisotopic (exact) mass is 281 g/mol. The molecule has 19 heavy (non-hydrogen) atoms. The van der Waals surface area contributed by atoms with Gasteiger partial charge in [0.05, 0.1) is 0 Å². The molecule has 0 aliphatic heterocycles. The molecule has 3 nitrogen and oxygen atoms in total. The lowest BCUT2D eigenvalue weighted by Crippen LogP contribution is -2.26. The maximum absolute atomic E-state index is 4.66. The number of hydrogen-bond acceptors (Lipinski definition) is 4. The molecule has 1 N–H and O–H groups in total. The van der Waals surface area contributed by atoms with E-state index in [1.54, 1.807) is 0 Å². The molecule has 0 amide bonds. The lowest BCUT2D eigenvalue weighted by atomic mass is 10.3. The molecule has 0 spiro atoms. The lowest BCUT2D eigenvalue weighted by molar-refractivity contribution is 0.577. The van der Waals surface area contributed by atoms with E-state index in [0.717, 1.165) is 12.6 Å². The summed E-state index contributed by atoms with van der Waals surface area (Å²) in [4.78, 5) is 8.56. The largest absolute Gasteiger partial charge is 0.345 e. The maximum Gasteiger partial charge on any atom is 0.185 e. The standard InChI is InChI=1S/C15H27N3S/c1-4-6-10-18(13-7-8-13)15-17-11-14(19-15)12(3)16-9-5-2/h11-13,16H,4-10H2,1-3H3. The van der Waals surface area contributed by atoms with Crippen molar-refractivity contribution >= 4 is 16.5 Å². The van der Waals surface area contributed by atoms with Gasteiger partial charge < -0.3 is 10.2 Å². The summed E-state index contributed by atoms with van der Waals surface area (Å²) in [6, 6.07) is 1.20. The fourth-order valence-corrected chi connectivity index (χ4v) is 3.26. The first-order valence-corrected chi connectivity index (χ1v) is 8.53. The predicted molar refractivity (Wildman–Crippen MR) is 84.1 cm³/mol. The van der Waals surface area contributed by atoms with Crippen molar-refractivity contribution in [3.8, 4) is 0 Å². The number of unbranched alkanes of at least 4 members (excludes halogenated alkanes) is 1. The summed E-state index contributed by atoms with van der Waals surface area (Å²) in [6.45, 7) is 8.95. The maximum atomic E-state index is 4.66. The fraction of sp³-hybridized carbons (Fsp3) is 0.800. The van der Waals surface area contributed by atoms with E-state index in [0.29, 0.717) is 6.04 Å². The molecular weight excluding hydrogens is 254 g/mol. The Balaban J connectivity index is 1.97. The Morgan fingerprint density at radius 3 is 2.84 bits per heavy atom. The molecule has 4 heteroatoms. The van der Waals surface area contributed by atoms with E-state index < -0.39 is 0 Å². The molecular formula is C15H27N3S. The first-order valence-electron chi connectivity index (χ1n) is 7.72. The van der Waals surface area contributed by atoms with Crippen LogP contribution in [0.15, 0.2) is 6.20 Å². The van der Waals surface area contributed by atoms with Gasteiger partial charge in [0.2, 0.25) is 0 Å². The molecule has 0 bridgehead atoms. The number of nitrogens with one attached hydrogen (secondary N) is 1. The Morgan fingerprint density at radius 2 is 2.21 bits per heavy atom. The van der Waals surface area contributed by atoms with Gasteiger partial charge in [0, 0.05) is 29.7 Å². The Kier molecular flexibility index (Phi) is 5.64. The molecule has 1 aliphatic carbocycles. The van der Waals surface area contributed by atoms with Gasteiger partial charge in [-0.25, -0.2) is 4.98 Å². The summed E-state index contributed by atoms with van der Waals surface area (Å²) in [7, 11) is 0. The van der Waals surface area contributed by atoms with Crippen LogP contribution >= 0.6 is 11.3 Å². The zero-order valence-corrected chi connectivity index (χ0v) is 13.3. The summed E-state index contributed by atoms with van der Waals surface area (Å²) in [6.07, 6.45) is 8.48. The van der Waals surface area contributed by atoms with Crippen LogP contribution in [0, 0.1) is 0 Å². The van der Waals surface area contributed by atoms with Gasteiger partial charge in [-0.15, -0.1) is 11.3 Å². The number of anilines is 1. The van der Waals surface area contributed by atoms with Crippen molar-refractivity contribution in [1.29, 1.82) is 0 Å². The molecule has 1 aliphatic rings. The average Bonchev–Trinajstić information content (AvgIpc) is 3.13. The van der Waals surface area contributed by atoms with Crippen LogP contribution in [0.25, 0.3) is 0 Å². The van der Waals surface area contributed by atoms with Gasteiger partial charge in [-0.1, -0.05) is 20.3 Å². The summed E-state index contributed by atoms with van der Waals surface area (Å²) in [5.74, 6) is 0. The molecule has 1 unspecified atom stereocenters.